The van der Waals surface area contributed by atoms with Gasteiger partial charge in [0, 0.05) is 30.7 Å². The van der Waals surface area contributed by atoms with Gasteiger partial charge in [-0.15, -0.1) is 0 Å². The quantitative estimate of drug-likeness (QED) is 0.709. The van der Waals surface area contributed by atoms with Crippen LogP contribution in [-0.2, 0) is 5.33 Å². The van der Waals surface area contributed by atoms with E-state index in [-0.39, 0.29) is 0 Å². The summed E-state index contributed by atoms with van der Waals surface area (Å²) in [5, 5.41) is 0.930. The first kappa shape index (κ1) is 15.5. The maximum atomic E-state index is 3.51. The lowest BCUT2D eigenvalue weighted by Gasteiger charge is -2.27. The Kier molecular flexibility index (Phi) is 6.72. The van der Waals surface area contributed by atoms with Gasteiger partial charge in [-0.3, -0.25) is 0 Å². The number of hydrogen-bond donors (Lipinski definition) is 0. The number of benzene rings is 1. The highest BCUT2D eigenvalue weighted by molar-refractivity contribution is 9.08. The molecule has 0 aromatic heterocycles. The Morgan fingerprint density at radius 3 is 2.33 bits per heavy atom. The van der Waals surface area contributed by atoms with Crippen molar-refractivity contribution in [1.82, 2.24) is 4.90 Å². The average Bonchev–Trinajstić information content (AvgIpc) is 2.34. The van der Waals surface area contributed by atoms with Gasteiger partial charge >= 0.3 is 0 Å². The minimum Gasteiger partial charge on any atom is -0.370 e. The molecule has 0 bridgehead atoms. The fourth-order valence-corrected chi connectivity index (χ4v) is 2.45. The molecule has 0 unspecified atom stereocenters. The lowest BCUT2D eigenvalue weighted by atomic mass is 10.1. The molecule has 0 saturated carbocycles. The molecule has 1 rings (SSSR count). The number of anilines is 1. The predicted octanol–water partition coefficient (Wildman–Crippen LogP) is 3.67. The number of alkyl halides is 1. The smallest absolute Gasteiger partial charge is 0.0396 e. The molecular formula is C15H25BrN2. The molecular weight excluding hydrogens is 288 g/mol. The van der Waals surface area contributed by atoms with Crippen molar-refractivity contribution in [3.05, 3.63) is 29.3 Å². The van der Waals surface area contributed by atoms with Gasteiger partial charge in [-0.2, -0.15) is 0 Å². The van der Waals surface area contributed by atoms with Crippen LogP contribution in [0.5, 0.6) is 0 Å². The molecule has 0 atom stereocenters. The summed E-state index contributed by atoms with van der Waals surface area (Å²) in [5.74, 6) is 0. The van der Waals surface area contributed by atoms with E-state index >= 15 is 0 Å². The topological polar surface area (TPSA) is 6.48 Å². The molecule has 0 radical (unpaired) electrons. The highest BCUT2D eigenvalue weighted by Gasteiger charge is 2.09. The van der Waals surface area contributed by atoms with Crippen molar-refractivity contribution in [2.75, 3.05) is 38.6 Å². The molecule has 0 aliphatic heterocycles. The molecule has 0 saturated heterocycles. The van der Waals surface area contributed by atoms with Crippen LogP contribution in [0.1, 0.15) is 24.5 Å². The third-order valence-corrected chi connectivity index (χ3v) is 3.71. The molecule has 2 nitrogen and oxygen atoms in total. The van der Waals surface area contributed by atoms with Crippen LogP contribution in [0.3, 0.4) is 0 Å². The van der Waals surface area contributed by atoms with Crippen LogP contribution in [0.4, 0.5) is 5.69 Å². The second-order valence-corrected chi connectivity index (χ2v) is 5.61. The van der Waals surface area contributed by atoms with Gasteiger partial charge in [-0.25, -0.2) is 0 Å². The number of nitrogens with zero attached hydrogens (tertiary/aromatic N) is 2. The molecule has 102 valence electrons. The third kappa shape index (κ3) is 4.62. The summed E-state index contributed by atoms with van der Waals surface area (Å²) in [6.07, 6.45) is 1.19. The summed E-state index contributed by atoms with van der Waals surface area (Å²) in [6, 6.07) is 6.76. The molecule has 1 aromatic rings. The molecule has 18 heavy (non-hydrogen) atoms. The number of hydrogen-bond acceptors (Lipinski definition) is 2. The summed E-state index contributed by atoms with van der Waals surface area (Å²) < 4.78 is 0. The van der Waals surface area contributed by atoms with Crippen molar-refractivity contribution in [2.45, 2.75) is 25.6 Å². The van der Waals surface area contributed by atoms with Gasteiger partial charge in [-0.05, 0) is 44.6 Å². The van der Waals surface area contributed by atoms with Crippen molar-refractivity contribution in [1.29, 1.82) is 0 Å². The largest absolute Gasteiger partial charge is 0.370 e. The van der Waals surface area contributed by atoms with E-state index in [1.807, 2.05) is 0 Å². The molecule has 1 aromatic carbocycles. The van der Waals surface area contributed by atoms with Crippen LogP contribution in [0, 0.1) is 6.92 Å². The van der Waals surface area contributed by atoms with Gasteiger partial charge in [0.25, 0.3) is 0 Å². The maximum Gasteiger partial charge on any atom is 0.0396 e. The zero-order valence-corrected chi connectivity index (χ0v) is 13.6. The predicted molar refractivity (Wildman–Crippen MR) is 84.9 cm³/mol. The third-order valence-electron chi connectivity index (χ3n) is 3.07. The number of halogens is 1. The van der Waals surface area contributed by atoms with Gasteiger partial charge in [-0.1, -0.05) is 35.0 Å². The molecule has 0 N–H and O–H groups in total. The van der Waals surface area contributed by atoms with Gasteiger partial charge in [0.1, 0.15) is 0 Å². The van der Waals surface area contributed by atoms with Gasteiger partial charge in [0.2, 0.25) is 0 Å². The first-order valence-corrected chi connectivity index (χ1v) is 7.75. The van der Waals surface area contributed by atoms with E-state index in [4.69, 9.17) is 0 Å². The van der Waals surface area contributed by atoms with Crippen LogP contribution < -0.4 is 4.90 Å². The minimum absolute atomic E-state index is 0.930. The van der Waals surface area contributed by atoms with Crippen molar-refractivity contribution >= 4 is 21.6 Å². The molecule has 0 spiro atoms. The number of likely N-dealkylation sites (N-methyl/N-ethyl adjacent to an activating group) is 1. The second-order valence-electron chi connectivity index (χ2n) is 5.04. The summed E-state index contributed by atoms with van der Waals surface area (Å²) in [7, 11) is 4.26. The van der Waals surface area contributed by atoms with Crippen molar-refractivity contribution in [2.24, 2.45) is 0 Å². The number of rotatable bonds is 7. The van der Waals surface area contributed by atoms with Crippen LogP contribution >= 0.6 is 15.9 Å². The Bertz CT molecular complexity index is 364. The lowest BCUT2D eigenvalue weighted by molar-refractivity contribution is 0.413. The summed E-state index contributed by atoms with van der Waals surface area (Å²) in [4.78, 5) is 4.73. The second kappa shape index (κ2) is 7.80. The van der Waals surface area contributed by atoms with Crippen LogP contribution in [-0.4, -0.2) is 38.6 Å². The highest BCUT2D eigenvalue weighted by atomic mass is 79.9. The van der Waals surface area contributed by atoms with E-state index in [0.29, 0.717) is 0 Å². The summed E-state index contributed by atoms with van der Waals surface area (Å²) >= 11 is 3.51. The van der Waals surface area contributed by atoms with Crippen LogP contribution in [0.15, 0.2) is 18.2 Å². The Hall–Kier alpha value is -0.540. The van der Waals surface area contributed by atoms with Crippen LogP contribution in [0.25, 0.3) is 0 Å². The standard InChI is InChI=1S/C15H25BrN2/c1-5-8-18(10-9-17(3)4)15-7-6-14(12-16)11-13(15)2/h6-7,11H,5,8-10,12H2,1-4H3. The van der Waals surface area contributed by atoms with E-state index in [1.165, 1.54) is 23.2 Å². The van der Waals surface area contributed by atoms with Crippen molar-refractivity contribution in [3.8, 4) is 0 Å². The average molecular weight is 313 g/mol. The molecule has 0 amide bonds. The molecule has 3 heteroatoms. The molecule has 0 fully saturated rings. The van der Waals surface area contributed by atoms with E-state index in [2.05, 4.69) is 71.9 Å². The first-order chi connectivity index (χ1) is 8.58. The lowest BCUT2D eigenvalue weighted by Crippen LogP contribution is -2.32. The van der Waals surface area contributed by atoms with Crippen LogP contribution in [0.2, 0.25) is 0 Å². The Labute approximate surface area is 120 Å². The SMILES string of the molecule is CCCN(CCN(C)C)c1ccc(CBr)cc1C. The summed E-state index contributed by atoms with van der Waals surface area (Å²) in [6.45, 7) is 7.77. The van der Waals surface area contributed by atoms with Crippen molar-refractivity contribution in [3.63, 3.8) is 0 Å². The van der Waals surface area contributed by atoms with Gasteiger partial charge in [0.05, 0.1) is 0 Å². The zero-order valence-electron chi connectivity index (χ0n) is 12.0. The first-order valence-electron chi connectivity index (χ1n) is 6.63. The Morgan fingerprint density at radius 1 is 1.11 bits per heavy atom. The summed E-state index contributed by atoms with van der Waals surface area (Å²) in [5.41, 5.74) is 4.10. The van der Waals surface area contributed by atoms with E-state index in [9.17, 15) is 0 Å². The zero-order chi connectivity index (χ0) is 13.5. The monoisotopic (exact) mass is 312 g/mol. The molecule has 0 aliphatic rings. The number of aryl methyl sites for hydroxylation is 1. The maximum absolute atomic E-state index is 3.51. The Morgan fingerprint density at radius 2 is 1.83 bits per heavy atom. The normalized spacial score (nSPS) is 11.0. The van der Waals surface area contributed by atoms with Gasteiger partial charge in [0.15, 0.2) is 0 Å². The Balaban J connectivity index is 2.84. The fourth-order valence-electron chi connectivity index (χ4n) is 2.10. The van der Waals surface area contributed by atoms with E-state index < -0.39 is 0 Å². The highest BCUT2D eigenvalue weighted by Crippen LogP contribution is 2.22. The molecule has 0 aliphatic carbocycles. The molecule has 0 heterocycles. The van der Waals surface area contributed by atoms with E-state index in [0.717, 1.165) is 25.0 Å². The van der Waals surface area contributed by atoms with Gasteiger partial charge < -0.3 is 9.80 Å². The van der Waals surface area contributed by atoms with E-state index in [1.54, 1.807) is 0 Å². The fraction of sp³-hybridized carbons (Fsp3) is 0.600. The minimum atomic E-state index is 0.930. The van der Waals surface area contributed by atoms with Crippen molar-refractivity contribution < 1.29 is 0 Å².